The Balaban J connectivity index is 1.71. The summed E-state index contributed by atoms with van der Waals surface area (Å²) in [6.07, 6.45) is 8.99. The Morgan fingerprint density at radius 2 is 1.92 bits per heavy atom. The number of nitrogens with one attached hydrogen (secondary N) is 3. The van der Waals surface area contributed by atoms with Crippen LogP contribution in [-0.4, -0.2) is 45.7 Å². The van der Waals surface area contributed by atoms with Crippen molar-refractivity contribution in [3.05, 3.63) is 11.8 Å². The van der Waals surface area contributed by atoms with Crippen molar-refractivity contribution >= 4 is 17.7 Å². The van der Waals surface area contributed by atoms with Crippen molar-refractivity contribution < 1.29 is 9.90 Å². The molecule has 7 heteroatoms. The monoisotopic (exact) mass is 347 g/mol. The third kappa shape index (κ3) is 5.29. The number of aliphatic hydroxyl groups is 1. The molecule has 0 atom stereocenters. The van der Waals surface area contributed by atoms with E-state index in [0.717, 1.165) is 57.9 Å². The summed E-state index contributed by atoms with van der Waals surface area (Å²) in [5.74, 6) is 1.03. The topological polar surface area (TPSA) is 99.2 Å². The lowest BCUT2D eigenvalue weighted by molar-refractivity contribution is 0.0950. The fourth-order valence-electron chi connectivity index (χ4n) is 3.02. The van der Waals surface area contributed by atoms with Gasteiger partial charge in [-0.1, -0.05) is 13.3 Å². The Kier molecular flexibility index (Phi) is 6.07. The molecule has 0 spiro atoms. The van der Waals surface area contributed by atoms with E-state index in [4.69, 9.17) is 0 Å². The lowest BCUT2D eigenvalue weighted by atomic mass is 9.93. The molecule has 0 unspecified atom stereocenters. The first-order valence-electron chi connectivity index (χ1n) is 9.52. The van der Waals surface area contributed by atoms with Gasteiger partial charge in [0.2, 0.25) is 5.95 Å². The van der Waals surface area contributed by atoms with E-state index in [1.165, 1.54) is 0 Å². The van der Waals surface area contributed by atoms with Crippen LogP contribution in [0.25, 0.3) is 0 Å². The van der Waals surface area contributed by atoms with Crippen LogP contribution in [0.15, 0.2) is 6.20 Å². The number of unbranched alkanes of at least 4 members (excludes halogenated alkanes) is 1. The third-order valence-electron chi connectivity index (χ3n) is 4.80. The molecule has 7 nitrogen and oxygen atoms in total. The SMILES string of the molecule is CCCCNc1ncc(C(=O)NC2CC2)c(N[C@H]2CC[C@H](O)CC2)n1. The van der Waals surface area contributed by atoms with Gasteiger partial charge in [-0.25, -0.2) is 4.98 Å². The molecule has 3 rings (SSSR count). The molecule has 25 heavy (non-hydrogen) atoms. The van der Waals surface area contributed by atoms with Crippen molar-refractivity contribution in [3.63, 3.8) is 0 Å². The lowest BCUT2D eigenvalue weighted by Crippen LogP contribution is -2.31. The highest BCUT2D eigenvalue weighted by atomic mass is 16.3. The van der Waals surface area contributed by atoms with Gasteiger partial charge >= 0.3 is 0 Å². The van der Waals surface area contributed by atoms with Crippen LogP contribution in [0.2, 0.25) is 0 Å². The van der Waals surface area contributed by atoms with Crippen molar-refractivity contribution in [3.8, 4) is 0 Å². The maximum Gasteiger partial charge on any atom is 0.256 e. The van der Waals surface area contributed by atoms with Crippen LogP contribution >= 0.6 is 0 Å². The second-order valence-electron chi connectivity index (χ2n) is 7.13. The first-order valence-corrected chi connectivity index (χ1v) is 9.52. The van der Waals surface area contributed by atoms with E-state index in [0.29, 0.717) is 23.4 Å². The van der Waals surface area contributed by atoms with Crippen molar-refractivity contribution in [1.82, 2.24) is 15.3 Å². The molecular formula is C18H29N5O2. The molecule has 2 fully saturated rings. The quantitative estimate of drug-likeness (QED) is 0.539. The fourth-order valence-corrected chi connectivity index (χ4v) is 3.02. The molecule has 0 bridgehead atoms. The predicted molar refractivity (Wildman–Crippen MR) is 97.8 cm³/mol. The largest absolute Gasteiger partial charge is 0.393 e. The summed E-state index contributed by atoms with van der Waals surface area (Å²) in [6.45, 7) is 2.96. The van der Waals surface area contributed by atoms with Gasteiger partial charge in [0, 0.05) is 24.8 Å². The molecule has 2 aliphatic rings. The smallest absolute Gasteiger partial charge is 0.256 e. The van der Waals surface area contributed by atoms with Gasteiger partial charge in [-0.3, -0.25) is 4.79 Å². The van der Waals surface area contributed by atoms with E-state index in [9.17, 15) is 9.90 Å². The van der Waals surface area contributed by atoms with Gasteiger partial charge in [-0.05, 0) is 44.9 Å². The molecule has 4 N–H and O–H groups in total. The van der Waals surface area contributed by atoms with Crippen LogP contribution < -0.4 is 16.0 Å². The van der Waals surface area contributed by atoms with E-state index in [-0.39, 0.29) is 18.1 Å². The Hall–Kier alpha value is -1.89. The van der Waals surface area contributed by atoms with Crippen LogP contribution in [0.5, 0.6) is 0 Å². The minimum atomic E-state index is -0.202. The summed E-state index contributed by atoms with van der Waals surface area (Å²) < 4.78 is 0. The minimum absolute atomic E-state index is 0.110. The second-order valence-corrected chi connectivity index (χ2v) is 7.13. The average molecular weight is 347 g/mol. The second kappa shape index (κ2) is 8.47. The zero-order valence-electron chi connectivity index (χ0n) is 14.9. The summed E-state index contributed by atoms with van der Waals surface area (Å²) >= 11 is 0. The molecule has 0 aromatic carbocycles. The molecule has 0 saturated heterocycles. The van der Waals surface area contributed by atoms with E-state index >= 15 is 0 Å². The lowest BCUT2D eigenvalue weighted by Gasteiger charge is -2.27. The van der Waals surface area contributed by atoms with Gasteiger partial charge in [-0.2, -0.15) is 4.98 Å². The fraction of sp³-hybridized carbons (Fsp3) is 0.722. The highest BCUT2D eigenvalue weighted by molar-refractivity contribution is 5.99. The van der Waals surface area contributed by atoms with Crippen molar-refractivity contribution in [1.29, 1.82) is 0 Å². The Bertz CT molecular complexity index is 583. The Morgan fingerprint density at radius 3 is 2.60 bits per heavy atom. The van der Waals surface area contributed by atoms with Gasteiger partial charge in [0.1, 0.15) is 11.4 Å². The van der Waals surface area contributed by atoms with Crippen LogP contribution in [0.4, 0.5) is 11.8 Å². The molecule has 1 aromatic heterocycles. The number of aromatic nitrogens is 2. The van der Waals surface area contributed by atoms with Gasteiger partial charge in [0.05, 0.1) is 6.10 Å². The number of carbonyl (C=O) groups is 1. The van der Waals surface area contributed by atoms with Crippen molar-refractivity contribution in [2.45, 2.75) is 76.5 Å². The zero-order chi connectivity index (χ0) is 17.6. The first kappa shape index (κ1) is 17.9. The maximum atomic E-state index is 12.5. The zero-order valence-corrected chi connectivity index (χ0v) is 14.9. The average Bonchev–Trinajstić information content (AvgIpc) is 3.41. The summed E-state index contributed by atoms with van der Waals surface area (Å²) in [7, 11) is 0. The predicted octanol–water partition coefficient (Wildman–Crippen LogP) is 2.30. The number of rotatable bonds is 8. The summed E-state index contributed by atoms with van der Waals surface area (Å²) in [6, 6.07) is 0.529. The van der Waals surface area contributed by atoms with Crippen molar-refractivity contribution in [2.24, 2.45) is 0 Å². The number of aliphatic hydroxyl groups excluding tert-OH is 1. The molecule has 1 aromatic rings. The summed E-state index contributed by atoms with van der Waals surface area (Å²) in [5, 5.41) is 19.3. The Morgan fingerprint density at radius 1 is 1.20 bits per heavy atom. The molecule has 1 amide bonds. The van der Waals surface area contributed by atoms with Gasteiger partial charge in [0.25, 0.3) is 5.91 Å². The number of anilines is 2. The normalized spacial score (nSPS) is 23.1. The molecule has 0 aliphatic heterocycles. The number of nitrogens with zero attached hydrogens (tertiary/aromatic N) is 2. The number of hydrogen-bond donors (Lipinski definition) is 4. The number of amides is 1. The van der Waals surface area contributed by atoms with E-state index in [1.54, 1.807) is 6.20 Å². The number of carbonyl (C=O) groups excluding carboxylic acids is 1. The molecule has 1 heterocycles. The van der Waals surface area contributed by atoms with E-state index in [2.05, 4.69) is 32.8 Å². The van der Waals surface area contributed by atoms with E-state index in [1.807, 2.05) is 0 Å². The van der Waals surface area contributed by atoms with Gasteiger partial charge in [-0.15, -0.1) is 0 Å². The molecule has 2 saturated carbocycles. The van der Waals surface area contributed by atoms with Crippen LogP contribution in [0.3, 0.4) is 0 Å². The van der Waals surface area contributed by atoms with E-state index < -0.39 is 0 Å². The minimum Gasteiger partial charge on any atom is -0.393 e. The maximum absolute atomic E-state index is 12.5. The standard InChI is InChI=1S/C18H29N5O2/c1-2-3-10-19-18-20-11-15(17(25)22-13-4-5-13)16(23-18)21-12-6-8-14(24)9-7-12/h11-14,24H,2-10H2,1H3,(H,22,25)(H2,19,20,21,23)/t12-,14-. The highest BCUT2D eigenvalue weighted by Crippen LogP contribution is 2.25. The van der Waals surface area contributed by atoms with Crippen LogP contribution in [0, 0.1) is 0 Å². The molecule has 2 aliphatic carbocycles. The number of hydrogen-bond acceptors (Lipinski definition) is 6. The summed E-state index contributed by atoms with van der Waals surface area (Å²) in [5.41, 5.74) is 0.499. The molecule has 138 valence electrons. The first-order chi connectivity index (χ1) is 12.2. The van der Waals surface area contributed by atoms with Gasteiger partial charge < -0.3 is 21.1 Å². The van der Waals surface area contributed by atoms with Crippen LogP contribution in [0.1, 0.15) is 68.6 Å². The van der Waals surface area contributed by atoms with Crippen molar-refractivity contribution in [2.75, 3.05) is 17.2 Å². The van der Waals surface area contributed by atoms with Gasteiger partial charge in [0.15, 0.2) is 0 Å². The Labute approximate surface area is 149 Å². The molecular weight excluding hydrogens is 318 g/mol. The highest BCUT2D eigenvalue weighted by Gasteiger charge is 2.27. The summed E-state index contributed by atoms with van der Waals surface area (Å²) in [4.78, 5) is 21.3. The van der Waals surface area contributed by atoms with Crippen LogP contribution in [-0.2, 0) is 0 Å². The third-order valence-corrected chi connectivity index (χ3v) is 4.80. The molecule has 0 radical (unpaired) electrons.